The summed E-state index contributed by atoms with van der Waals surface area (Å²) < 4.78 is 15.3. The lowest BCUT2D eigenvalue weighted by Crippen LogP contribution is -2.33. The Morgan fingerprint density at radius 1 is 1.43 bits per heavy atom. The SMILES string of the molecule is CC(C)C1CCCN1Cc1c(CN)sc2cccc(F)c12. The molecule has 0 saturated carbocycles. The van der Waals surface area contributed by atoms with Crippen molar-refractivity contribution in [3.8, 4) is 0 Å². The number of hydrogen-bond acceptors (Lipinski definition) is 3. The van der Waals surface area contributed by atoms with Crippen molar-refractivity contribution in [3.63, 3.8) is 0 Å². The van der Waals surface area contributed by atoms with E-state index in [1.807, 2.05) is 6.07 Å². The van der Waals surface area contributed by atoms with Crippen LogP contribution in [0.15, 0.2) is 18.2 Å². The second-order valence-electron chi connectivity index (χ2n) is 6.24. The maximum absolute atomic E-state index is 14.3. The van der Waals surface area contributed by atoms with E-state index in [1.165, 1.54) is 12.8 Å². The van der Waals surface area contributed by atoms with Gasteiger partial charge in [-0.25, -0.2) is 4.39 Å². The van der Waals surface area contributed by atoms with Crippen LogP contribution >= 0.6 is 11.3 Å². The molecule has 1 fully saturated rings. The summed E-state index contributed by atoms with van der Waals surface area (Å²) in [5.41, 5.74) is 7.02. The molecule has 0 bridgehead atoms. The van der Waals surface area contributed by atoms with E-state index in [4.69, 9.17) is 5.73 Å². The molecule has 2 heterocycles. The van der Waals surface area contributed by atoms with Crippen LogP contribution < -0.4 is 5.73 Å². The number of rotatable bonds is 4. The smallest absolute Gasteiger partial charge is 0.132 e. The Kier molecular flexibility index (Phi) is 4.29. The fraction of sp³-hybridized carbons (Fsp3) is 0.529. The molecule has 21 heavy (non-hydrogen) atoms. The first kappa shape index (κ1) is 14.9. The molecular weight excluding hydrogens is 283 g/mol. The predicted octanol–water partition coefficient (Wildman–Crippen LogP) is 4.12. The summed E-state index contributed by atoms with van der Waals surface area (Å²) in [7, 11) is 0. The van der Waals surface area contributed by atoms with Gasteiger partial charge in [-0.05, 0) is 43.0 Å². The Hall–Kier alpha value is -0.970. The molecule has 1 aromatic heterocycles. The number of likely N-dealkylation sites (tertiary alicyclic amines) is 1. The first-order valence-electron chi connectivity index (χ1n) is 7.74. The van der Waals surface area contributed by atoms with Crippen LogP contribution in [0.1, 0.15) is 37.1 Å². The van der Waals surface area contributed by atoms with E-state index < -0.39 is 0 Å². The molecule has 3 rings (SSSR count). The number of fused-ring (bicyclic) bond motifs is 1. The highest BCUT2D eigenvalue weighted by Crippen LogP contribution is 2.36. The highest BCUT2D eigenvalue weighted by molar-refractivity contribution is 7.19. The van der Waals surface area contributed by atoms with E-state index in [-0.39, 0.29) is 5.82 Å². The van der Waals surface area contributed by atoms with Crippen LogP contribution in [-0.4, -0.2) is 17.5 Å². The van der Waals surface area contributed by atoms with Gasteiger partial charge in [0.05, 0.1) is 0 Å². The fourth-order valence-electron chi connectivity index (χ4n) is 3.55. The molecular formula is C17H23FN2S. The van der Waals surface area contributed by atoms with Gasteiger partial charge in [-0.3, -0.25) is 4.90 Å². The van der Waals surface area contributed by atoms with Crippen LogP contribution in [0.2, 0.25) is 0 Å². The summed E-state index contributed by atoms with van der Waals surface area (Å²) in [6.45, 7) is 6.99. The zero-order valence-electron chi connectivity index (χ0n) is 12.7. The molecule has 2 aromatic rings. The Bertz CT molecular complexity index is 635. The third kappa shape index (κ3) is 2.72. The predicted molar refractivity (Wildman–Crippen MR) is 87.9 cm³/mol. The molecule has 0 aliphatic carbocycles. The lowest BCUT2D eigenvalue weighted by Gasteiger charge is -2.27. The number of thiophene rings is 1. The third-order valence-corrected chi connectivity index (χ3v) is 5.80. The van der Waals surface area contributed by atoms with Crippen LogP contribution in [-0.2, 0) is 13.1 Å². The summed E-state index contributed by atoms with van der Waals surface area (Å²) in [6.07, 6.45) is 2.49. The molecule has 1 saturated heterocycles. The van der Waals surface area contributed by atoms with Gasteiger partial charge in [0, 0.05) is 34.1 Å². The van der Waals surface area contributed by atoms with Crippen LogP contribution in [0.3, 0.4) is 0 Å². The quantitative estimate of drug-likeness (QED) is 0.920. The molecule has 0 spiro atoms. The molecule has 1 aliphatic rings. The number of halogens is 1. The normalized spacial score (nSPS) is 20.0. The monoisotopic (exact) mass is 306 g/mol. The van der Waals surface area contributed by atoms with Gasteiger partial charge in [-0.1, -0.05) is 19.9 Å². The number of hydrogen-bond donors (Lipinski definition) is 1. The summed E-state index contributed by atoms with van der Waals surface area (Å²) in [5, 5.41) is 0.789. The van der Waals surface area contributed by atoms with Crippen molar-refractivity contribution in [2.24, 2.45) is 11.7 Å². The maximum Gasteiger partial charge on any atom is 0.132 e. The summed E-state index contributed by atoms with van der Waals surface area (Å²) in [5.74, 6) is 0.530. The first-order chi connectivity index (χ1) is 10.1. The van der Waals surface area contributed by atoms with Crippen molar-refractivity contribution in [2.75, 3.05) is 6.54 Å². The van der Waals surface area contributed by atoms with E-state index in [0.717, 1.165) is 33.6 Å². The molecule has 1 unspecified atom stereocenters. The van der Waals surface area contributed by atoms with Gasteiger partial charge in [0.15, 0.2) is 0 Å². The topological polar surface area (TPSA) is 29.3 Å². The largest absolute Gasteiger partial charge is 0.326 e. The van der Waals surface area contributed by atoms with Gasteiger partial charge < -0.3 is 5.73 Å². The molecule has 1 aliphatic heterocycles. The minimum absolute atomic E-state index is 0.112. The van der Waals surface area contributed by atoms with Gasteiger partial charge in [0.25, 0.3) is 0 Å². The highest BCUT2D eigenvalue weighted by Gasteiger charge is 2.28. The summed E-state index contributed by atoms with van der Waals surface area (Å²) >= 11 is 1.64. The van der Waals surface area contributed by atoms with Gasteiger partial charge in [-0.15, -0.1) is 11.3 Å². The first-order valence-corrected chi connectivity index (χ1v) is 8.56. The minimum atomic E-state index is -0.112. The number of nitrogens with zero attached hydrogens (tertiary/aromatic N) is 1. The van der Waals surface area contributed by atoms with Gasteiger partial charge in [-0.2, -0.15) is 0 Å². The second kappa shape index (κ2) is 6.03. The average molecular weight is 306 g/mol. The van der Waals surface area contributed by atoms with Crippen LogP contribution in [0.4, 0.5) is 4.39 Å². The maximum atomic E-state index is 14.3. The van der Waals surface area contributed by atoms with E-state index in [9.17, 15) is 4.39 Å². The number of nitrogens with two attached hydrogens (primary N) is 1. The van der Waals surface area contributed by atoms with Crippen molar-refractivity contribution < 1.29 is 4.39 Å². The Balaban J connectivity index is 1.99. The van der Waals surface area contributed by atoms with Gasteiger partial charge in [0.1, 0.15) is 5.82 Å². The summed E-state index contributed by atoms with van der Waals surface area (Å²) in [4.78, 5) is 3.64. The van der Waals surface area contributed by atoms with Gasteiger partial charge in [0.2, 0.25) is 0 Å². The lowest BCUT2D eigenvalue weighted by atomic mass is 10.0. The molecule has 114 valence electrons. The Morgan fingerprint density at radius 3 is 2.95 bits per heavy atom. The summed E-state index contributed by atoms with van der Waals surface area (Å²) in [6, 6.07) is 5.95. The Morgan fingerprint density at radius 2 is 2.24 bits per heavy atom. The van der Waals surface area contributed by atoms with Crippen molar-refractivity contribution in [1.82, 2.24) is 4.90 Å². The van der Waals surface area contributed by atoms with E-state index in [1.54, 1.807) is 23.5 Å². The average Bonchev–Trinajstić information content (AvgIpc) is 3.04. The molecule has 0 amide bonds. The molecule has 1 aromatic carbocycles. The standard InChI is InChI=1S/C17H23FN2S/c1-11(2)14-6-4-8-20(14)10-12-16(9-19)21-15-7-3-5-13(18)17(12)15/h3,5,7,11,14H,4,6,8-10,19H2,1-2H3. The molecule has 4 heteroatoms. The van der Waals surface area contributed by atoms with Crippen molar-refractivity contribution >= 4 is 21.4 Å². The van der Waals surface area contributed by atoms with E-state index in [2.05, 4.69) is 18.7 Å². The molecule has 2 N–H and O–H groups in total. The van der Waals surface area contributed by atoms with Crippen LogP contribution in [0.25, 0.3) is 10.1 Å². The lowest BCUT2D eigenvalue weighted by molar-refractivity contribution is 0.199. The molecule has 0 radical (unpaired) electrons. The molecule has 1 atom stereocenters. The Labute approximate surface area is 129 Å². The number of benzene rings is 1. The van der Waals surface area contributed by atoms with Crippen molar-refractivity contribution in [2.45, 2.75) is 45.8 Å². The van der Waals surface area contributed by atoms with Crippen LogP contribution in [0, 0.1) is 11.7 Å². The zero-order valence-corrected chi connectivity index (χ0v) is 13.5. The van der Waals surface area contributed by atoms with Crippen molar-refractivity contribution in [1.29, 1.82) is 0 Å². The van der Waals surface area contributed by atoms with E-state index >= 15 is 0 Å². The van der Waals surface area contributed by atoms with E-state index in [0.29, 0.717) is 18.5 Å². The van der Waals surface area contributed by atoms with Gasteiger partial charge >= 0.3 is 0 Å². The second-order valence-corrected chi connectivity index (χ2v) is 7.38. The zero-order chi connectivity index (χ0) is 15.0. The minimum Gasteiger partial charge on any atom is -0.326 e. The fourth-order valence-corrected chi connectivity index (χ4v) is 4.66. The van der Waals surface area contributed by atoms with Crippen molar-refractivity contribution in [3.05, 3.63) is 34.5 Å². The molecule has 2 nitrogen and oxygen atoms in total. The highest BCUT2D eigenvalue weighted by atomic mass is 32.1. The third-order valence-electron chi connectivity index (χ3n) is 4.58. The van der Waals surface area contributed by atoms with Crippen LogP contribution in [0.5, 0.6) is 0 Å².